The maximum atomic E-state index is 4.87. The topological polar surface area (TPSA) is 12.4 Å². The van der Waals surface area contributed by atoms with E-state index in [1.54, 1.807) is 6.08 Å². The lowest BCUT2D eigenvalue weighted by Gasteiger charge is -2.31. The number of hydrogen-bond donors (Lipinski definition) is 0. The smallest absolute Gasteiger partial charge is 0.193 e. The number of rotatable bonds is 5. The lowest BCUT2D eigenvalue weighted by Crippen LogP contribution is -2.34. The summed E-state index contributed by atoms with van der Waals surface area (Å²) in [5.74, 6) is 3.34. The normalized spacial score (nSPS) is 11.5. The summed E-state index contributed by atoms with van der Waals surface area (Å²) in [6.45, 7) is 19.2. The monoisotopic (exact) mass is 297 g/mol. The first-order valence-corrected chi connectivity index (χ1v) is 10.3. The zero-order chi connectivity index (χ0) is 16.1. The molecule has 0 heterocycles. The molecule has 112 valence electrons. The van der Waals surface area contributed by atoms with Crippen molar-refractivity contribution in [2.24, 2.45) is 4.66 Å². The number of benzene rings is 1. The van der Waals surface area contributed by atoms with Crippen LogP contribution in [-0.4, -0.2) is 14.1 Å². The fraction of sp³-hybridized carbons (Fsp3) is 0.368. The zero-order valence-electron chi connectivity index (χ0n) is 14.0. The molecule has 0 bridgehead atoms. The third-order valence-corrected chi connectivity index (χ3v) is 8.46. The molecule has 0 amide bonds. The van der Waals surface area contributed by atoms with Crippen molar-refractivity contribution >= 4 is 19.7 Å². The van der Waals surface area contributed by atoms with Gasteiger partial charge in [-0.1, -0.05) is 75.9 Å². The molecule has 0 aliphatic rings. The van der Waals surface area contributed by atoms with Gasteiger partial charge in [0, 0.05) is 12.0 Å². The van der Waals surface area contributed by atoms with Crippen LogP contribution in [0, 0.1) is 0 Å². The van der Waals surface area contributed by atoms with Crippen LogP contribution in [0.25, 0.3) is 5.57 Å². The van der Waals surface area contributed by atoms with E-state index in [4.69, 9.17) is 4.66 Å². The highest BCUT2D eigenvalue weighted by atomic mass is 28.3. The van der Waals surface area contributed by atoms with Crippen molar-refractivity contribution in [3.63, 3.8) is 0 Å². The summed E-state index contributed by atoms with van der Waals surface area (Å²) in [7, 11) is -1.72. The third-order valence-electron chi connectivity index (χ3n) is 4.12. The van der Waals surface area contributed by atoms with E-state index < -0.39 is 8.24 Å². The van der Waals surface area contributed by atoms with Crippen LogP contribution in [0.4, 0.5) is 0 Å². The van der Waals surface area contributed by atoms with E-state index in [2.05, 4.69) is 65.0 Å². The maximum Gasteiger partial charge on any atom is 0.193 e. The van der Waals surface area contributed by atoms with Crippen LogP contribution < -0.4 is 0 Å². The van der Waals surface area contributed by atoms with Crippen molar-refractivity contribution in [3.05, 3.63) is 60.7 Å². The first kappa shape index (κ1) is 17.4. The van der Waals surface area contributed by atoms with Crippen LogP contribution in [-0.2, 0) is 0 Å². The van der Waals surface area contributed by atoms with Gasteiger partial charge in [-0.15, -0.1) is 0 Å². The highest BCUT2D eigenvalue weighted by Gasteiger charge is 2.35. The van der Waals surface area contributed by atoms with Crippen LogP contribution in [0.15, 0.2) is 59.8 Å². The largest absolute Gasteiger partial charge is 0.283 e. The van der Waals surface area contributed by atoms with Crippen molar-refractivity contribution in [3.8, 4) is 0 Å². The highest BCUT2D eigenvalue weighted by molar-refractivity contribution is 6.79. The van der Waals surface area contributed by atoms with E-state index in [0.29, 0.717) is 0 Å². The fourth-order valence-electron chi connectivity index (χ4n) is 1.52. The van der Waals surface area contributed by atoms with E-state index >= 15 is 0 Å². The second kappa shape index (κ2) is 6.88. The predicted molar refractivity (Wildman–Crippen MR) is 98.4 cm³/mol. The standard InChI is InChI=1S/C19H27NSi/c1-8-16(2)14-18(17-12-10-9-11-13-17)15-20-21(6,7)19(3,4)5/h8-13H,1-2,14H2,3-7H3. The summed E-state index contributed by atoms with van der Waals surface area (Å²) in [6.07, 6.45) is 2.54. The van der Waals surface area contributed by atoms with Gasteiger partial charge in [-0.2, -0.15) is 0 Å². The number of allylic oxidation sites excluding steroid dienone is 3. The molecular weight excluding hydrogens is 270 g/mol. The molecule has 0 aliphatic heterocycles. The van der Waals surface area contributed by atoms with Crippen LogP contribution >= 0.6 is 0 Å². The van der Waals surface area contributed by atoms with Crippen molar-refractivity contribution in [2.75, 3.05) is 0 Å². The van der Waals surface area contributed by atoms with Gasteiger partial charge in [0.2, 0.25) is 0 Å². The minimum atomic E-state index is -1.72. The van der Waals surface area contributed by atoms with Gasteiger partial charge in [0.25, 0.3) is 0 Å². The second-order valence-corrected chi connectivity index (χ2v) is 11.8. The third kappa shape index (κ3) is 5.00. The summed E-state index contributed by atoms with van der Waals surface area (Å²) < 4.78 is 4.87. The van der Waals surface area contributed by atoms with E-state index in [1.165, 1.54) is 0 Å². The minimum Gasteiger partial charge on any atom is -0.283 e. The van der Waals surface area contributed by atoms with Crippen LogP contribution in [0.2, 0.25) is 18.1 Å². The Bertz CT molecular complexity index is 567. The molecule has 0 saturated heterocycles. The molecule has 0 unspecified atom stereocenters. The highest BCUT2D eigenvalue weighted by Crippen LogP contribution is 2.36. The summed E-state index contributed by atoms with van der Waals surface area (Å²) in [5, 5.41) is 0.219. The lowest BCUT2D eigenvalue weighted by atomic mass is 10.0. The predicted octanol–water partition coefficient (Wildman–Crippen LogP) is 5.88. The SMILES string of the molecule is C=CC(=C)CC(=C=N[Si](C)(C)C(C)(C)C)c1ccccc1. The van der Waals surface area contributed by atoms with Gasteiger partial charge >= 0.3 is 0 Å². The summed E-state index contributed by atoms with van der Waals surface area (Å²) >= 11 is 0. The quantitative estimate of drug-likeness (QED) is 0.366. The molecule has 0 saturated carbocycles. The van der Waals surface area contributed by atoms with Crippen LogP contribution in [0.5, 0.6) is 0 Å². The molecule has 2 heteroatoms. The minimum absolute atomic E-state index is 0.219. The molecule has 1 aromatic rings. The average molecular weight is 298 g/mol. The molecule has 0 atom stereocenters. The van der Waals surface area contributed by atoms with Gasteiger partial charge in [0.05, 0.1) is 0 Å². The summed E-state index contributed by atoms with van der Waals surface area (Å²) in [5.41, 5.74) is 3.24. The van der Waals surface area contributed by atoms with E-state index in [1.807, 2.05) is 18.2 Å². The van der Waals surface area contributed by atoms with Crippen molar-refractivity contribution in [2.45, 2.75) is 45.3 Å². The van der Waals surface area contributed by atoms with Crippen LogP contribution in [0.3, 0.4) is 0 Å². The van der Waals surface area contributed by atoms with Gasteiger partial charge in [0.1, 0.15) is 0 Å². The Morgan fingerprint density at radius 3 is 2.29 bits per heavy atom. The average Bonchev–Trinajstić information content (AvgIpc) is 2.42. The molecule has 1 nitrogen and oxygen atoms in total. The van der Waals surface area contributed by atoms with Crippen molar-refractivity contribution in [1.29, 1.82) is 0 Å². The van der Waals surface area contributed by atoms with Gasteiger partial charge < -0.3 is 0 Å². The van der Waals surface area contributed by atoms with Gasteiger partial charge in [-0.25, -0.2) is 0 Å². The van der Waals surface area contributed by atoms with Gasteiger partial charge in [-0.05, 0) is 29.6 Å². The first-order valence-electron chi connectivity index (χ1n) is 7.37. The van der Waals surface area contributed by atoms with Crippen LogP contribution in [0.1, 0.15) is 32.8 Å². The molecule has 1 rings (SSSR count). The van der Waals surface area contributed by atoms with Crippen molar-refractivity contribution in [1.82, 2.24) is 0 Å². The summed E-state index contributed by atoms with van der Waals surface area (Å²) in [6, 6.07) is 10.3. The Labute approximate surface area is 130 Å². The molecule has 0 spiro atoms. The molecule has 0 N–H and O–H groups in total. The molecule has 0 radical (unpaired) electrons. The maximum absolute atomic E-state index is 4.87. The molecule has 21 heavy (non-hydrogen) atoms. The van der Waals surface area contributed by atoms with Gasteiger partial charge in [-0.3, -0.25) is 4.66 Å². The molecule has 0 aromatic heterocycles. The van der Waals surface area contributed by atoms with E-state index in [0.717, 1.165) is 23.1 Å². The zero-order valence-corrected chi connectivity index (χ0v) is 15.0. The lowest BCUT2D eigenvalue weighted by molar-refractivity contribution is 0.719. The fourth-order valence-corrected chi connectivity index (χ4v) is 2.27. The molecule has 0 fully saturated rings. The Hall–Kier alpha value is -1.63. The van der Waals surface area contributed by atoms with Gasteiger partial charge in [0.15, 0.2) is 8.24 Å². The molecule has 0 aliphatic carbocycles. The Kier molecular flexibility index (Phi) is 5.71. The Balaban J connectivity index is 3.27. The number of hydrogen-bond acceptors (Lipinski definition) is 1. The van der Waals surface area contributed by atoms with E-state index in [-0.39, 0.29) is 5.04 Å². The Morgan fingerprint density at radius 1 is 1.24 bits per heavy atom. The van der Waals surface area contributed by atoms with E-state index in [9.17, 15) is 0 Å². The van der Waals surface area contributed by atoms with Crippen molar-refractivity contribution < 1.29 is 0 Å². The summed E-state index contributed by atoms with van der Waals surface area (Å²) in [4.78, 5) is 0. The Morgan fingerprint density at radius 2 is 1.81 bits per heavy atom. The first-order chi connectivity index (χ1) is 9.67. The molecular formula is C19H27NSi. The second-order valence-electron chi connectivity index (χ2n) is 6.92. The number of nitrogens with zero attached hydrogens (tertiary/aromatic N) is 1. The molecule has 1 aromatic carbocycles.